The molecule has 0 aliphatic carbocycles. The third-order valence-corrected chi connectivity index (χ3v) is 3.01. The van der Waals surface area contributed by atoms with Crippen LogP contribution in [0.4, 0.5) is 0 Å². The summed E-state index contributed by atoms with van der Waals surface area (Å²) in [7, 11) is 0. The Bertz CT molecular complexity index is 446. The highest BCUT2D eigenvalue weighted by Gasteiger charge is 2.14. The first kappa shape index (κ1) is 15.2. The second-order valence-electron chi connectivity index (χ2n) is 3.65. The van der Waals surface area contributed by atoms with Gasteiger partial charge in [0.05, 0.1) is 13.0 Å². The van der Waals surface area contributed by atoms with E-state index in [1.165, 1.54) is 0 Å². The molecule has 98 valence electrons. The van der Waals surface area contributed by atoms with Crippen LogP contribution in [0, 0.1) is 0 Å². The molecule has 0 heterocycles. The number of carbonyl (C=O) groups excluding carboxylic acids is 2. The van der Waals surface area contributed by atoms with Crippen LogP contribution in [0.1, 0.15) is 29.3 Å². The van der Waals surface area contributed by atoms with Crippen LogP contribution in [-0.4, -0.2) is 24.2 Å². The van der Waals surface area contributed by atoms with Crippen molar-refractivity contribution in [3.63, 3.8) is 0 Å². The molecule has 3 nitrogen and oxygen atoms in total. The Morgan fingerprint density at radius 1 is 1.39 bits per heavy atom. The van der Waals surface area contributed by atoms with Crippen molar-refractivity contribution in [2.24, 2.45) is 0 Å². The van der Waals surface area contributed by atoms with Crippen LogP contribution in [0.2, 0.25) is 0 Å². The minimum Gasteiger partial charge on any atom is -0.466 e. The number of rotatable bonds is 6. The Balaban J connectivity index is 2.96. The van der Waals surface area contributed by atoms with Gasteiger partial charge in [-0.15, -0.1) is 11.6 Å². The molecule has 0 aliphatic rings. The quantitative estimate of drug-likeness (QED) is 0.455. The summed E-state index contributed by atoms with van der Waals surface area (Å²) in [6.45, 7) is 2.08. The largest absolute Gasteiger partial charge is 0.466 e. The third kappa shape index (κ3) is 4.42. The Labute approximate surface area is 120 Å². The summed E-state index contributed by atoms with van der Waals surface area (Å²) in [5.41, 5.74) is 1.20. The summed E-state index contributed by atoms with van der Waals surface area (Å²) in [6, 6.07) is 5.24. The Morgan fingerprint density at radius 3 is 2.72 bits per heavy atom. The number of hydrogen-bond donors (Lipinski definition) is 0. The van der Waals surface area contributed by atoms with E-state index in [0.29, 0.717) is 17.7 Å². The normalized spacial score (nSPS) is 10.2. The number of ketones is 1. The van der Waals surface area contributed by atoms with Crippen LogP contribution in [0.25, 0.3) is 0 Å². The lowest BCUT2D eigenvalue weighted by Crippen LogP contribution is -2.12. The molecule has 0 N–H and O–H groups in total. The number of ether oxygens (including phenoxy) is 1. The molecule has 1 rings (SSSR count). The number of halogens is 2. The van der Waals surface area contributed by atoms with Crippen molar-refractivity contribution in [3.8, 4) is 0 Å². The molecule has 0 atom stereocenters. The fraction of sp³-hybridized carbons (Fsp3) is 0.385. The smallest absolute Gasteiger partial charge is 0.310 e. The van der Waals surface area contributed by atoms with E-state index in [0.717, 1.165) is 4.47 Å². The maximum atomic E-state index is 11.9. The van der Waals surface area contributed by atoms with Crippen LogP contribution in [0.5, 0.6) is 0 Å². The maximum Gasteiger partial charge on any atom is 0.310 e. The highest BCUT2D eigenvalue weighted by atomic mass is 79.9. The van der Waals surface area contributed by atoms with Gasteiger partial charge >= 0.3 is 5.97 Å². The van der Waals surface area contributed by atoms with Crippen molar-refractivity contribution in [1.82, 2.24) is 0 Å². The zero-order valence-electron chi connectivity index (χ0n) is 10.0. The van der Waals surface area contributed by atoms with Gasteiger partial charge in [-0.25, -0.2) is 0 Å². The van der Waals surface area contributed by atoms with Crippen molar-refractivity contribution in [2.75, 3.05) is 12.5 Å². The second-order valence-corrected chi connectivity index (χ2v) is 4.94. The van der Waals surface area contributed by atoms with Gasteiger partial charge in [0, 0.05) is 22.3 Å². The Kier molecular flexibility index (Phi) is 6.36. The van der Waals surface area contributed by atoms with Gasteiger partial charge < -0.3 is 4.74 Å². The molecule has 1 aromatic rings. The van der Waals surface area contributed by atoms with Crippen LogP contribution in [0.3, 0.4) is 0 Å². The lowest BCUT2D eigenvalue weighted by Gasteiger charge is -2.08. The van der Waals surface area contributed by atoms with Crippen LogP contribution in [-0.2, 0) is 16.0 Å². The third-order valence-electron chi connectivity index (χ3n) is 2.33. The fourth-order valence-electron chi connectivity index (χ4n) is 1.57. The fourth-order valence-corrected chi connectivity index (χ4v) is 2.15. The van der Waals surface area contributed by atoms with E-state index in [-0.39, 0.29) is 30.5 Å². The molecule has 0 aliphatic heterocycles. The maximum absolute atomic E-state index is 11.9. The molecule has 5 heteroatoms. The minimum absolute atomic E-state index is 0.0585. The highest BCUT2D eigenvalue weighted by molar-refractivity contribution is 9.10. The zero-order valence-corrected chi connectivity index (χ0v) is 12.4. The first-order valence-electron chi connectivity index (χ1n) is 5.61. The molecule has 0 unspecified atom stereocenters. The van der Waals surface area contributed by atoms with Gasteiger partial charge in [0.25, 0.3) is 0 Å². The van der Waals surface area contributed by atoms with Crippen LogP contribution >= 0.6 is 27.5 Å². The summed E-state index contributed by atoms with van der Waals surface area (Å²) >= 11 is 8.89. The number of hydrogen-bond acceptors (Lipinski definition) is 3. The van der Waals surface area contributed by atoms with Crippen LogP contribution in [0.15, 0.2) is 22.7 Å². The zero-order chi connectivity index (χ0) is 13.5. The van der Waals surface area contributed by atoms with E-state index in [2.05, 4.69) is 15.9 Å². The Hall–Kier alpha value is -0.870. The van der Waals surface area contributed by atoms with Crippen molar-refractivity contribution >= 4 is 39.3 Å². The molecule has 0 saturated carbocycles. The van der Waals surface area contributed by atoms with E-state index in [4.69, 9.17) is 16.3 Å². The second kappa shape index (κ2) is 7.54. The van der Waals surface area contributed by atoms with Crippen molar-refractivity contribution in [2.45, 2.75) is 19.8 Å². The standard InChI is InChI=1S/C13H14BrClO3/c1-2-18-13(17)8-9-7-10(14)3-4-11(9)12(16)5-6-15/h3-4,7H,2,5-6,8H2,1H3. The van der Waals surface area contributed by atoms with Crippen molar-refractivity contribution < 1.29 is 14.3 Å². The lowest BCUT2D eigenvalue weighted by molar-refractivity contribution is -0.142. The number of alkyl halides is 1. The predicted molar refractivity (Wildman–Crippen MR) is 74.1 cm³/mol. The SMILES string of the molecule is CCOC(=O)Cc1cc(Br)ccc1C(=O)CCCl. The van der Waals surface area contributed by atoms with Crippen molar-refractivity contribution in [3.05, 3.63) is 33.8 Å². The van der Waals surface area contributed by atoms with E-state index in [9.17, 15) is 9.59 Å². The molecule has 1 aromatic carbocycles. The summed E-state index contributed by atoms with van der Waals surface area (Å²) in [4.78, 5) is 23.3. The van der Waals surface area contributed by atoms with Gasteiger partial charge in [-0.3, -0.25) is 9.59 Å². The van der Waals surface area contributed by atoms with E-state index < -0.39 is 0 Å². The van der Waals surface area contributed by atoms with Gasteiger partial charge in [0.15, 0.2) is 5.78 Å². The monoisotopic (exact) mass is 332 g/mol. The molecule has 0 spiro atoms. The van der Waals surface area contributed by atoms with E-state index >= 15 is 0 Å². The number of Topliss-reactive ketones (excluding diaryl/α,β-unsaturated/α-hetero) is 1. The number of carbonyl (C=O) groups is 2. The van der Waals surface area contributed by atoms with Gasteiger partial charge in [0.1, 0.15) is 0 Å². The molecular weight excluding hydrogens is 319 g/mol. The van der Waals surface area contributed by atoms with Crippen molar-refractivity contribution in [1.29, 1.82) is 0 Å². The summed E-state index contributed by atoms with van der Waals surface area (Å²) < 4.78 is 5.71. The first-order valence-corrected chi connectivity index (χ1v) is 6.94. The molecular formula is C13H14BrClO3. The molecule has 0 bridgehead atoms. The van der Waals surface area contributed by atoms with Crippen LogP contribution < -0.4 is 0 Å². The predicted octanol–water partition coefficient (Wildman–Crippen LogP) is 3.37. The summed E-state index contributed by atoms with van der Waals surface area (Å²) in [5, 5.41) is 0. The molecule has 0 radical (unpaired) electrons. The number of esters is 1. The van der Waals surface area contributed by atoms with E-state index in [1.54, 1.807) is 25.1 Å². The molecule has 0 saturated heterocycles. The average molecular weight is 334 g/mol. The average Bonchev–Trinajstić information content (AvgIpc) is 2.29. The van der Waals surface area contributed by atoms with Gasteiger partial charge in [-0.05, 0) is 24.6 Å². The number of benzene rings is 1. The summed E-state index contributed by atoms with van der Waals surface area (Å²) in [6.07, 6.45) is 0.357. The molecule has 0 fully saturated rings. The Morgan fingerprint density at radius 2 is 2.11 bits per heavy atom. The van der Waals surface area contributed by atoms with Gasteiger partial charge in [0.2, 0.25) is 0 Å². The molecule has 18 heavy (non-hydrogen) atoms. The van der Waals surface area contributed by atoms with Gasteiger partial charge in [-0.2, -0.15) is 0 Å². The molecule has 0 aromatic heterocycles. The van der Waals surface area contributed by atoms with E-state index in [1.807, 2.05) is 0 Å². The molecule has 0 amide bonds. The lowest BCUT2D eigenvalue weighted by atomic mass is 10.00. The topological polar surface area (TPSA) is 43.4 Å². The summed E-state index contributed by atoms with van der Waals surface area (Å²) in [5.74, 6) is -0.124. The highest BCUT2D eigenvalue weighted by Crippen LogP contribution is 2.19. The minimum atomic E-state index is -0.337. The first-order chi connectivity index (χ1) is 8.58. The van der Waals surface area contributed by atoms with Gasteiger partial charge in [-0.1, -0.05) is 22.0 Å².